The zero-order chi connectivity index (χ0) is 35.2. The van der Waals surface area contributed by atoms with Crippen molar-refractivity contribution in [1.29, 1.82) is 0 Å². The highest BCUT2D eigenvalue weighted by Gasteiger charge is 2.27. The molecular weight excluding hydrogens is 667 g/mol. The molecule has 0 N–H and O–H groups in total. The van der Waals surface area contributed by atoms with E-state index in [1.54, 1.807) is 25.3 Å². The van der Waals surface area contributed by atoms with E-state index in [4.69, 9.17) is 22.6 Å². The first kappa shape index (κ1) is 35.1. The molecule has 49 heavy (non-hydrogen) atoms. The van der Waals surface area contributed by atoms with Crippen LogP contribution in [0.1, 0.15) is 11.1 Å². The molecule has 0 heterocycles. The highest BCUT2D eigenvalue weighted by atomic mass is 32.2. The van der Waals surface area contributed by atoms with Crippen LogP contribution in [0.5, 0.6) is 28.7 Å². The van der Waals surface area contributed by atoms with E-state index in [0.29, 0.717) is 46.8 Å². The minimum absolute atomic E-state index is 0.0870. The second-order valence-electron chi connectivity index (χ2n) is 11.2. The van der Waals surface area contributed by atoms with Gasteiger partial charge in [0.05, 0.1) is 45.1 Å². The van der Waals surface area contributed by atoms with Crippen LogP contribution in [0, 0.1) is 0 Å². The average Bonchev–Trinajstić information content (AvgIpc) is 3.07. The minimum Gasteiger partial charge on any atom is -0.496 e. The van der Waals surface area contributed by atoms with Crippen molar-refractivity contribution in [3.05, 3.63) is 120 Å². The molecule has 0 aliphatic heterocycles. The molecule has 0 amide bonds. The van der Waals surface area contributed by atoms with Gasteiger partial charge in [0.25, 0.3) is 0 Å². The Labute approximate surface area is 287 Å². The Morgan fingerprint density at radius 3 is 1.57 bits per heavy atom. The third-order valence-corrected chi connectivity index (χ3v) is 8.48. The lowest BCUT2D eigenvalue weighted by atomic mass is 9.96. The van der Waals surface area contributed by atoms with Gasteiger partial charge in [-0.1, -0.05) is 78.9 Å². The predicted octanol–water partition coefficient (Wildman–Crippen LogP) is 6.93. The molecule has 0 spiro atoms. The van der Waals surface area contributed by atoms with E-state index in [1.165, 1.54) is 26.4 Å². The molecule has 5 aromatic carbocycles. The maximum absolute atomic E-state index is 12.7. The third-order valence-electron chi connectivity index (χ3n) is 7.51. The van der Waals surface area contributed by atoms with Crippen LogP contribution < -0.4 is 27.5 Å². The Kier molecular flexibility index (Phi) is 10.7. The molecule has 0 bridgehead atoms. The van der Waals surface area contributed by atoms with Crippen LogP contribution in [0.25, 0.3) is 22.3 Å². The van der Waals surface area contributed by atoms with Crippen molar-refractivity contribution < 1.29 is 39.4 Å². The average molecular weight is 704 g/mol. The SMILES string of the molecule is COc1cc(-c2c(OC)cc(-c3ccc(OS(C)(=O)=O)cc3)c(OC)c2OS(C)(=O)=O)ccc1N(Cc1ccccc1)Cc1ccccc1. The van der Waals surface area contributed by atoms with Gasteiger partial charge < -0.3 is 27.5 Å². The summed E-state index contributed by atoms with van der Waals surface area (Å²) in [5, 5.41) is 0. The number of ether oxygens (including phenoxy) is 3. The standard InChI is InChI=1S/C37H37NO9S2/c1-43-33-22-29(18-21-32(33)38(24-26-12-8-6-9-13-26)25-27-14-10-7-11-15-27)35-34(44-2)23-31(36(45-3)37(35)47-49(5,41)42)28-16-19-30(20-17-28)46-48(4,39)40/h6-23H,24-25H2,1-5H3. The fourth-order valence-corrected chi connectivity index (χ4v) is 6.41. The van der Waals surface area contributed by atoms with E-state index in [0.717, 1.165) is 29.3 Å². The number of benzene rings is 5. The second-order valence-corrected chi connectivity index (χ2v) is 14.3. The topological polar surface area (TPSA) is 118 Å². The molecule has 0 fully saturated rings. The summed E-state index contributed by atoms with van der Waals surface area (Å²) < 4.78 is 76.7. The van der Waals surface area contributed by atoms with Crippen LogP contribution in [0.15, 0.2) is 109 Å². The normalized spacial score (nSPS) is 11.4. The van der Waals surface area contributed by atoms with Gasteiger partial charge >= 0.3 is 20.2 Å². The zero-order valence-electron chi connectivity index (χ0n) is 27.7. The Bertz CT molecular complexity index is 2080. The van der Waals surface area contributed by atoms with Gasteiger partial charge in [-0.15, -0.1) is 0 Å². The van der Waals surface area contributed by atoms with Crippen molar-refractivity contribution in [1.82, 2.24) is 0 Å². The zero-order valence-corrected chi connectivity index (χ0v) is 29.4. The fraction of sp³-hybridized carbons (Fsp3) is 0.189. The number of methoxy groups -OCH3 is 3. The summed E-state index contributed by atoms with van der Waals surface area (Å²) in [4.78, 5) is 2.21. The lowest BCUT2D eigenvalue weighted by Crippen LogP contribution is -2.22. The van der Waals surface area contributed by atoms with Crippen LogP contribution in [0.3, 0.4) is 0 Å². The monoisotopic (exact) mass is 703 g/mol. The molecule has 0 aliphatic rings. The number of hydrogen-bond donors (Lipinski definition) is 0. The van der Waals surface area contributed by atoms with E-state index in [2.05, 4.69) is 29.2 Å². The van der Waals surface area contributed by atoms with Crippen LogP contribution in [0.2, 0.25) is 0 Å². The quantitative estimate of drug-likeness (QED) is 0.113. The molecule has 12 heteroatoms. The molecule has 5 rings (SSSR count). The van der Waals surface area contributed by atoms with Crippen LogP contribution in [0.4, 0.5) is 5.69 Å². The lowest BCUT2D eigenvalue weighted by Gasteiger charge is -2.28. The van der Waals surface area contributed by atoms with E-state index in [1.807, 2.05) is 54.6 Å². The van der Waals surface area contributed by atoms with E-state index >= 15 is 0 Å². The Morgan fingerprint density at radius 2 is 1.08 bits per heavy atom. The van der Waals surface area contributed by atoms with Crippen LogP contribution in [-0.4, -0.2) is 50.7 Å². The fourth-order valence-electron chi connectivity index (χ4n) is 5.49. The van der Waals surface area contributed by atoms with Crippen molar-refractivity contribution in [3.63, 3.8) is 0 Å². The summed E-state index contributed by atoms with van der Waals surface area (Å²) in [5.41, 5.74) is 4.94. The Balaban J connectivity index is 1.66. The summed E-state index contributed by atoms with van der Waals surface area (Å²) in [6.45, 7) is 1.21. The molecule has 256 valence electrons. The third kappa shape index (κ3) is 8.84. The molecule has 0 aliphatic carbocycles. The summed E-state index contributed by atoms with van der Waals surface area (Å²) in [6, 6.07) is 33.7. The summed E-state index contributed by atoms with van der Waals surface area (Å²) >= 11 is 0. The van der Waals surface area contributed by atoms with E-state index in [-0.39, 0.29) is 17.2 Å². The van der Waals surface area contributed by atoms with Gasteiger partial charge in [0.1, 0.15) is 17.2 Å². The smallest absolute Gasteiger partial charge is 0.306 e. The lowest BCUT2D eigenvalue weighted by molar-refractivity contribution is 0.386. The first-order chi connectivity index (χ1) is 23.4. The van der Waals surface area contributed by atoms with Crippen molar-refractivity contribution in [2.45, 2.75) is 13.1 Å². The van der Waals surface area contributed by atoms with Crippen LogP contribution in [-0.2, 0) is 33.3 Å². The van der Waals surface area contributed by atoms with Gasteiger partial charge in [-0.05, 0) is 52.6 Å². The second kappa shape index (κ2) is 14.9. The number of nitrogens with zero attached hydrogens (tertiary/aromatic N) is 1. The molecule has 0 unspecified atom stereocenters. The molecule has 10 nitrogen and oxygen atoms in total. The van der Waals surface area contributed by atoms with Gasteiger partial charge in [-0.3, -0.25) is 0 Å². The van der Waals surface area contributed by atoms with Gasteiger partial charge in [0.15, 0.2) is 11.5 Å². The molecular formula is C37H37NO9S2. The Hall–Kier alpha value is -5.20. The highest BCUT2D eigenvalue weighted by Crippen LogP contribution is 2.52. The van der Waals surface area contributed by atoms with Gasteiger partial charge in [0.2, 0.25) is 0 Å². The minimum atomic E-state index is -4.06. The molecule has 0 saturated carbocycles. The van der Waals surface area contributed by atoms with E-state index in [9.17, 15) is 16.8 Å². The number of anilines is 1. The van der Waals surface area contributed by atoms with E-state index < -0.39 is 20.2 Å². The Morgan fingerprint density at radius 1 is 0.551 bits per heavy atom. The van der Waals surface area contributed by atoms with Gasteiger partial charge in [-0.2, -0.15) is 16.8 Å². The number of hydrogen-bond acceptors (Lipinski definition) is 10. The molecule has 0 atom stereocenters. The van der Waals surface area contributed by atoms with Crippen molar-refractivity contribution in [2.75, 3.05) is 38.7 Å². The maximum Gasteiger partial charge on any atom is 0.306 e. The van der Waals surface area contributed by atoms with Crippen LogP contribution >= 0.6 is 0 Å². The molecule has 0 aromatic heterocycles. The first-order valence-corrected chi connectivity index (χ1v) is 18.7. The molecule has 0 radical (unpaired) electrons. The van der Waals surface area contributed by atoms with Gasteiger partial charge in [0, 0.05) is 18.7 Å². The summed E-state index contributed by atoms with van der Waals surface area (Å²) in [5.74, 6) is 0.987. The van der Waals surface area contributed by atoms with Crippen molar-refractivity contribution in [3.8, 4) is 51.0 Å². The summed E-state index contributed by atoms with van der Waals surface area (Å²) in [7, 11) is -3.34. The summed E-state index contributed by atoms with van der Waals surface area (Å²) in [6.07, 6.45) is 1.90. The van der Waals surface area contributed by atoms with Crippen molar-refractivity contribution >= 4 is 25.9 Å². The first-order valence-electron chi connectivity index (χ1n) is 15.1. The predicted molar refractivity (Wildman–Crippen MR) is 191 cm³/mol. The van der Waals surface area contributed by atoms with Gasteiger partial charge in [-0.25, -0.2) is 0 Å². The molecule has 0 saturated heterocycles. The highest BCUT2D eigenvalue weighted by molar-refractivity contribution is 7.86. The number of rotatable bonds is 14. The molecule has 5 aromatic rings. The largest absolute Gasteiger partial charge is 0.496 e. The maximum atomic E-state index is 12.7. The van der Waals surface area contributed by atoms with Crippen molar-refractivity contribution in [2.24, 2.45) is 0 Å².